The number of alkyl halides is 3. The van der Waals surface area contributed by atoms with Gasteiger partial charge in [0, 0.05) is 23.5 Å². The topological polar surface area (TPSA) is 25.2 Å². The molecule has 5 heteroatoms. The first kappa shape index (κ1) is 14.1. The van der Waals surface area contributed by atoms with E-state index in [9.17, 15) is 18.3 Å². The zero-order valence-electron chi connectivity index (χ0n) is 10.5. The van der Waals surface area contributed by atoms with E-state index in [1.165, 1.54) is 6.07 Å². The van der Waals surface area contributed by atoms with Crippen molar-refractivity contribution >= 4 is 0 Å². The van der Waals surface area contributed by atoms with Gasteiger partial charge in [0.05, 0.1) is 0 Å². The third kappa shape index (κ3) is 3.03. The van der Waals surface area contributed by atoms with Gasteiger partial charge in [-0.2, -0.15) is 13.2 Å². The molecule has 2 nitrogen and oxygen atoms in total. The summed E-state index contributed by atoms with van der Waals surface area (Å²) in [6.07, 6.45) is -7.00. The number of aliphatic hydroxyl groups is 1. The normalized spacial score (nSPS) is 14.4. The van der Waals surface area contributed by atoms with Crippen molar-refractivity contribution in [3.05, 3.63) is 23.0 Å². The van der Waals surface area contributed by atoms with Crippen molar-refractivity contribution in [3.63, 3.8) is 0 Å². The Morgan fingerprint density at radius 1 is 1.29 bits per heavy atom. The van der Waals surface area contributed by atoms with Gasteiger partial charge in [-0.15, -0.1) is 0 Å². The van der Waals surface area contributed by atoms with E-state index in [4.69, 9.17) is 0 Å². The van der Waals surface area contributed by atoms with E-state index in [0.29, 0.717) is 18.2 Å². The van der Waals surface area contributed by atoms with E-state index in [1.807, 2.05) is 18.4 Å². The van der Waals surface area contributed by atoms with Gasteiger partial charge in [-0.3, -0.25) is 0 Å². The molecule has 0 bridgehead atoms. The van der Waals surface area contributed by atoms with Crippen LogP contribution in [-0.4, -0.2) is 15.8 Å². The zero-order valence-corrected chi connectivity index (χ0v) is 10.5. The minimum Gasteiger partial charge on any atom is -0.379 e. The fourth-order valence-electron chi connectivity index (χ4n) is 1.93. The quantitative estimate of drug-likeness (QED) is 0.873. The van der Waals surface area contributed by atoms with E-state index < -0.39 is 12.3 Å². The van der Waals surface area contributed by atoms with Crippen molar-refractivity contribution < 1.29 is 18.3 Å². The molecule has 1 rings (SSSR count). The zero-order chi connectivity index (χ0) is 13.4. The minimum atomic E-state index is -4.61. The summed E-state index contributed by atoms with van der Waals surface area (Å²) in [6, 6.07) is 1.41. The van der Waals surface area contributed by atoms with Crippen LogP contribution >= 0.6 is 0 Å². The minimum absolute atomic E-state index is 0.0457. The van der Waals surface area contributed by atoms with Gasteiger partial charge in [0.25, 0.3) is 0 Å². The Morgan fingerprint density at radius 3 is 2.24 bits per heavy atom. The molecule has 1 aromatic heterocycles. The molecule has 0 saturated carbocycles. The van der Waals surface area contributed by atoms with Crippen LogP contribution in [-0.2, 0) is 6.54 Å². The number of aromatic nitrogens is 1. The highest BCUT2D eigenvalue weighted by molar-refractivity contribution is 5.29. The number of rotatable bonds is 3. The second-order valence-electron chi connectivity index (χ2n) is 4.78. The average Bonchev–Trinajstić information content (AvgIpc) is 2.42. The van der Waals surface area contributed by atoms with Crippen molar-refractivity contribution in [2.75, 3.05) is 0 Å². The van der Waals surface area contributed by atoms with Crippen molar-refractivity contribution in [2.24, 2.45) is 5.92 Å². The molecule has 0 radical (unpaired) electrons. The Hall–Kier alpha value is -0.970. The summed E-state index contributed by atoms with van der Waals surface area (Å²) in [7, 11) is 0. The average molecular weight is 249 g/mol. The number of nitrogens with zero attached hydrogens (tertiary/aromatic N) is 1. The van der Waals surface area contributed by atoms with Crippen molar-refractivity contribution in [1.82, 2.24) is 4.57 Å². The molecule has 0 amide bonds. The molecular weight excluding hydrogens is 231 g/mol. The molecule has 0 aliphatic heterocycles. The van der Waals surface area contributed by atoms with Gasteiger partial charge in [-0.05, 0) is 25.8 Å². The first-order chi connectivity index (χ1) is 7.64. The summed E-state index contributed by atoms with van der Waals surface area (Å²) in [5, 5.41) is 9.27. The van der Waals surface area contributed by atoms with Crippen molar-refractivity contribution in [3.8, 4) is 0 Å². The highest BCUT2D eigenvalue weighted by Gasteiger charge is 2.41. The van der Waals surface area contributed by atoms with Crippen LogP contribution in [0, 0.1) is 19.8 Å². The molecule has 0 fully saturated rings. The summed E-state index contributed by atoms with van der Waals surface area (Å²) in [6.45, 7) is 8.02. The molecule has 0 aliphatic carbocycles. The molecule has 0 unspecified atom stereocenters. The molecule has 1 atom stereocenters. The van der Waals surface area contributed by atoms with Gasteiger partial charge in [0.15, 0.2) is 6.10 Å². The molecule has 0 aliphatic rings. The Balaban J connectivity index is 3.12. The highest BCUT2D eigenvalue weighted by atomic mass is 19.4. The summed E-state index contributed by atoms with van der Waals surface area (Å²) >= 11 is 0. The molecule has 17 heavy (non-hydrogen) atoms. The predicted molar refractivity (Wildman–Crippen MR) is 59.8 cm³/mol. The van der Waals surface area contributed by atoms with E-state index >= 15 is 0 Å². The molecule has 1 heterocycles. The molecule has 0 spiro atoms. The largest absolute Gasteiger partial charge is 0.418 e. The van der Waals surface area contributed by atoms with Crippen LogP contribution in [0.2, 0.25) is 0 Å². The summed E-state index contributed by atoms with van der Waals surface area (Å²) in [4.78, 5) is 0. The maximum Gasteiger partial charge on any atom is 0.418 e. The standard InChI is InChI=1S/C12H18F3NO/c1-7(2)6-16-8(3)5-10(9(16)4)11(17)12(13,14)15/h5,7,11,17H,6H2,1-4H3/t11-/m0/s1. The Morgan fingerprint density at radius 2 is 1.82 bits per heavy atom. The van der Waals surface area contributed by atoms with E-state index in [1.54, 1.807) is 13.8 Å². The highest BCUT2D eigenvalue weighted by Crippen LogP contribution is 2.35. The van der Waals surface area contributed by atoms with Gasteiger partial charge in [0.2, 0.25) is 0 Å². The molecule has 1 aromatic rings. The lowest BCUT2D eigenvalue weighted by Gasteiger charge is -2.16. The van der Waals surface area contributed by atoms with Gasteiger partial charge in [-0.1, -0.05) is 13.8 Å². The van der Waals surface area contributed by atoms with Crippen LogP contribution in [0.4, 0.5) is 13.2 Å². The lowest BCUT2D eigenvalue weighted by atomic mass is 10.1. The number of hydrogen-bond acceptors (Lipinski definition) is 1. The smallest absolute Gasteiger partial charge is 0.379 e. The maximum absolute atomic E-state index is 12.5. The van der Waals surface area contributed by atoms with Crippen LogP contribution in [0.25, 0.3) is 0 Å². The van der Waals surface area contributed by atoms with Crippen LogP contribution < -0.4 is 0 Å². The molecule has 0 saturated heterocycles. The van der Waals surface area contributed by atoms with Gasteiger partial charge in [0.1, 0.15) is 0 Å². The maximum atomic E-state index is 12.5. The SMILES string of the molecule is Cc1cc([C@H](O)C(F)(F)F)c(C)n1CC(C)C. The van der Waals surface area contributed by atoms with E-state index in [-0.39, 0.29) is 5.56 Å². The number of hydrogen-bond donors (Lipinski definition) is 1. The van der Waals surface area contributed by atoms with Crippen molar-refractivity contribution in [2.45, 2.75) is 46.5 Å². The fourth-order valence-corrected chi connectivity index (χ4v) is 1.93. The first-order valence-electron chi connectivity index (χ1n) is 5.56. The predicted octanol–water partition coefficient (Wildman–Crippen LogP) is 3.36. The van der Waals surface area contributed by atoms with Crippen LogP contribution in [0.15, 0.2) is 6.07 Å². The second-order valence-corrected chi connectivity index (χ2v) is 4.78. The van der Waals surface area contributed by atoms with Crippen LogP contribution in [0.1, 0.15) is 36.9 Å². The van der Waals surface area contributed by atoms with Crippen LogP contribution in [0.3, 0.4) is 0 Å². The summed E-state index contributed by atoms with van der Waals surface area (Å²) < 4.78 is 39.2. The van der Waals surface area contributed by atoms with Crippen molar-refractivity contribution in [1.29, 1.82) is 0 Å². The molecule has 1 N–H and O–H groups in total. The molecular formula is C12H18F3NO. The van der Waals surface area contributed by atoms with Gasteiger partial charge in [-0.25, -0.2) is 0 Å². The summed E-state index contributed by atoms with van der Waals surface area (Å²) in [5.41, 5.74) is 1.19. The van der Waals surface area contributed by atoms with E-state index in [2.05, 4.69) is 0 Å². The first-order valence-corrected chi connectivity index (χ1v) is 5.56. The number of aryl methyl sites for hydroxylation is 1. The molecule has 98 valence electrons. The molecule has 0 aromatic carbocycles. The Bertz CT molecular complexity index is 393. The van der Waals surface area contributed by atoms with Gasteiger partial charge < -0.3 is 9.67 Å². The Kier molecular flexibility index (Phi) is 3.91. The lowest BCUT2D eigenvalue weighted by Crippen LogP contribution is -2.21. The second kappa shape index (κ2) is 4.72. The lowest BCUT2D eigenvalue weighted by molar-refractivity contribution is -0.206. The van der Waals surface area contributed by atoms with Gasteiger partial charge >= 0.3 is 6.18 Å². The monoisotopic (exact) mass is 249 g/mol. The fraction of sp³-hybridized carbons (Fsp3) is 0.667. The summed E-state index contributed by atoms with van der Waals surface area (Å²) in [5.74, 6) is 0.343. The van der Waals surface area contributed by atoms with E-state index in [0.717, 1.165) is 5.69 Å². The van der Waals surface area contributed by atoms with Crippen LogP contribution in [0.5, 0.6) is 0 Å². The third-order valence-corrected chi connectivity index (χ3v) is 2.77. The number of halogens is 3. The third-order valence-electron chi connectivity index (χ3n) is 2.77. The number of aliphatic hydroxyl groups excluding tert-OH is 1. The Labute approximate surface area is 99.1 Å².